The van der Waals surface area contributed by atoms with Crippen LogP contribution in [0.25, 0.3) is 0 Å². The number of carbonyl (C=O) groups is 2. The van der Waals surface area contributed by atoms with Crippen molar-refractivity contribution in [2.75, 3.05) is 17.7 Å². The third kappa shape index (κ3) is 3.17. The number of esters is 1. The van der Waals surface area contributed by atoms with Crippen LogP contribution < -0.4 is 15.4 Å². The van der Waals surface area contributed by atoms with E-state index in [9.17, 15) is 9.59 Å². The normalized spacial score (nSPS) is 17.1. The first-order valence-corrected chi connectivity index (χ1v) is 7.59. The van der Waals surface area contributed by atoms with Gasteiger partial charge in [-0.15, -0.1) is 0 Å². The smallest absolute Gasteiger partial charge is 0.332 e. The average Bonchev–Trinajstić information content (AvgIpc) is 2.61. The van der Waals surface area contributed by atoms with Crippen LogP contribution >= 0.6 is 0 Å². The zero-order valence-electron chi connectivity index (χ0n) is 13.4. The monoisotopic (exact) mass is 326 g/mol. The summed E-state index contributed by atoms with van der Waals surface area (Å²) in [6.45, 7) is 1.69. The van der Waals surface area contributed by atoms with E-state index in [1.54, 1.807) is 25.1 Å². The lowest BCUT2D eigenvalue weighted by Crippen LogP contribution is -2.34. The quantitative estimate of drug-likeness (QED) is 0.845. The maximum atomic E-state index is 12.1. The molecular weight excluding hydrogens is 308 g/mol. The lowest BCUT2D eigenvalue weighted by Gasteiger charge is -2.24. The number of rotatable bonds is 4. The highest BCUT2D eigenvalue weighted by Crippen LogP contribution is 2.33. The fraction of sp³-hybridized carbons (Fsp3) is 0.222. The van der Waals surface area contributed by atoms with E-state index < -0.39 is 18.1 Å². The minimum atomic E-state index is -0.645. The second kappa shape index (κ2) is 6.62. The molecule has 3 rings (SSSR count). The highest BCUT2D eigenvalue weighted by atomic mass is 16.5. The van der Waals surface area contributed by atoms with Crippen LogP contribution in [0.5, 0.6) is 5.75 Å². The summed E-state index contributed by atoms with van der Waals surface area (Å²) in [7, 11) is 1.35. The standard InChI is InChI=1S/C18H18N2O4/c1-11-17(21)20-14-10-13(8-9-15(14)24-11)19-16(18(22)23-2)12-6-4-3-5-7-12/h3-11,16,19H,1-2H3,(H,20,21). The van der Waals surface area contributed by atoms with Crippen molar-refractivity contribution < 1.29 is 19.1 Å². The lowest BCUT2D eigenvalue weighted by molar-refractivity contribution is -0.141. The van der Waals surface area contributed by atoms with Crippen molar-refractivity contribution in [1.82, 2.24) is 0 Å². The Balaban J connectivity index is 1.87. The van der Waals surface area contributed by atoms with Gasteiger partial charge in [0.25, 0.3) is 5.91 Å². The van der Waals surface area contributed by atoms with Crippen molar-refractivity contribution in [1.29, 1.82) is 0 Å². The zero-order valence-corrected chi connectivity index (χ0v) is 13.4. The summed E-state index contributed by atoms with van der Waals surface area (Å²) in [6, 6.07) is 13.9. The van der Waals surface area contributed by atoms with Crippen LogP contribution in [0, 0.1) is 0 Å². The van der Waals surface area contributed by atoms with Gasteiger partial charge in [0.1, 0.15) is 5.75 Å². The number of anilines is 2. The van der Waals surface area contributed by atoms with E-state index in [1.807, 2.05) is 30.3 Å². The molecule has 0 fully saturated rings. The molecule has 24 heavy (non-hydrogen) atoms. The van der Waals surface area contributed by atoms with Crippen molar-refractivity contribution in [3.8, 4) is 5.75 Å². The van der Waals surface area contributed by atoms with Crippen LogP contribution in [0.4, 0.5) is 11.4 Å². The van der Waals surface area contributed by atoms with Crippen molar-refractivity contribution in [2.45, 2.75) is 19.1 Å². The highest BCUT2D eigenvalue weighted by molar-refractivity contribution is 5.98. The van der Waals surface area contributed by atoms with Gasteiger partial charge in [-0.3, -0.25) is 4.79 Å². The van der Waals surface area contributed by atoms with Gasteiger partial charge in [0, 0.05) is 5.69 Å². The Bertz CT molecular complexity index is 761. The molecule has 0 aliphatic carbocycles. The molecule has 2 unspecified atom stereocenters. The number of methoxy groups -OCH3 is 1. The van der Waals surface area contributed by atoms with Crippen LogP contribution in [0.3, 0.4) is 0 Å². The molecule has 1 amide bonds. The molecule has 1 aliphatic heterocycles. The van der Waals surface area contributed by atoms with E-state index in [0.29, 0.717) is 17.1 Å². The van der Waals surface area contributed by atoms with Crippen molar-refractivity contribution in [3.05, 3.63) is 54.1 Å². The molecule has 1 aliphatic rings. The number of fused-ring (bicyclic) bond motifs is 1. The van der Waals surface area contributed by atoms with Crippen LogP contribution in [0.2, 0.25) is 0 Å². The largest absolute Gasteiger partial charge is 0.479 e. The topological polar surface area (TPSA) is 76.7 Å². The minimum Gasteiger partial charge on any atom is -0.479 e. The van der Waals surface area contributed by atoms with Crippen LogP contribution in [0.15, 0.2) is 48.5 Å². The van der Waals surface area contributed by atoms with Gasteiger partial charge in [-0.1, -0.05) is 30.3 Å². The van der Waals surface area contributed by atoms with E-state index in [0.717, 1.165) is 5.56 Å². The third-order valence-electron chi connectivity index (χ3n) is 3.79. The first-order valence-electron chi connectivity index (χ1n) is 7.59. The molecule has 6 nitrogen and oxygen atoms in total. The predicted octanol–water partition coefficient (Wildman–Crippen LogP) is 2.73. The Labute approximate surface area is 139 Å². The van der Waals surface area contributed by atoms with Crippen molar-refractivity contribution >= 4 is 23.3 Å². The number of benzene rings is 2. The first-order chi connectivity index (χ1) is 11.6. The molecule has 0 saturated heterocycles. The third-order valence-corrected chi connectivity index (χ3v) is 3.79. The molecule has 0 spiro atoms. The minimum absolute atomic E-state index is 0.202. The number of nitrogens with one attached hydrogen (secondary N) is 2. The van der Waals surface area contributed by atoms with E-state index in [1.165, 1.54) is 7.11 Å². The SMILES string of the molecule is COC(=O)C(Nc1ccc2c(c1)NC(=O)C(C)O2)c1ccccc1. The fourth-order valence-electron chi connectivity index (χ4n) is 2.51. The average molecular weight is 326 g/mol. The number of hydrogen-bond donors (Lipinski definition) is 2. The van der Waals surface area contributed by atoms with Gasteiger partial charge in [0.15, 0.2) is 12.1 Å². The number of carbonyl (C=O) groups excluding carboxylic acids is 2. The molecular formula is C18H18N2O4. The molecule has 124 valence electrons. The van der Waals surface area contributed by atoms with Crippen LogP contribution in [-0.2, 0) is 14.3 Å². The highest BCUT2D eigenvalue weighted by Gasteiger charge is 2.25. The summed E-state index contributed by atoms with van der Waals surface area (Å²) < 4.78 is 10.4. The van der Waals surface area contributed by atoms with Crippen LogP contribution in [0.1, 0.15) is 18.5 Å². The summed E-state index contributed by atoms with van der Waals surface area (Å²) in [5, 5.41) is 5.93. The second-order valence-corrected chi connectivity index (χ2v) is 5.47. The van der Waals surface area contributed by atoms with Gasteiger partial charge in [-0.2, -0.15) is 0 Å². The van der Waals surface area contributed by atoms with Gasteiger partial charge < -0.3 is 20.1 Å². The molecule has 0 bridgehead atoms. The first kappa shape index (κ1) is 15.9. The van der Waals surface area contributed by atoms with Crippen molar-refractivity contribution in [2.24, 2.45) is 0 Å². The molecule has 6 heteroatoms. The molecule has 0 aromatic heterocycles. The van der Waals surface area contributed by atoms with E-state index in [4.69, 9.17) is 9.47 Å². The predicted molar refractivity (Wildman–Crippen MR) is 90.0 cm³/mol. The van der Waals surface area contributed by atoms with E-state index in [-0.39, 0.29) is 5.91 Å². The summed E-state index contributed by atoms with van der Waals surface area (Å²) in [5.74, 6) is 0.00188. The number of hydrogen-bond acceptors (Lipinski definition) is 5. The van der Waals surface area contributed by atoms with Gasteiger partial charge in [-0.05, 0) is 30.7 Å². The van der Waals surface area contributed by atoms with Gasteiger partial charge >= 0.3 is 5.97 Å². The lowest BCUT2D eigenvalue weighted by atomic mass is 10.1. The molecule has 0 radical (unpaired) electrons. The van der Waals surface area contributed by atoms with E-state index in [2.05, 4.69) is 10.6 Å². The maximum Gasteiger partial charge on any atom is 0.332 e. The Kier molecular flexibility index (Phi) is 4.37. The Morgan fingerprint density at radius 1 is 1.25 bits per heavy atom. The fourth-order valence-corrected chi connectivity index (χ4v) is 2.51. The molecule has 0 saturated carbocycles. The Morgan fingerprint density at radius 3 is 2.71 bits per heavy atom. The second-order valence-electron chi connectivity index (χ2n) is 5.47. The van der Waals surface area contributed by atoms with Gasteiger partial charge in [0.05, 0.1) is 12.8 Å². The number of amides is 1. The van der Waals surface area contributed by atoms with Crippen molar-refractivity contribution in [3.63, 3.8) is 0 Å². The molecule has 2 atom stereocenters. The number of ether oxygens (including phenoxy) is 2. The summed E-state index contributed by atoms with van der Waals surface area (Å²) in [4.78, 5) is 23.9. The molecule has 1 heterocycles. The van der Waals surface area contributed by atoms with Crippen LogP contribution in [-0.4, -0.2) is 25.1 Å². The Morgan fingerprint density at radius 2 is 2.00 bits per heavy atom. The summed E-state index contributed by atoms with van der Waals surface area (Å²) in [5.41, 5.74) is 2.03. The Hall–Kier alpha value is -3.02. The summed E-state index contributed by atoms with van der Waals surface area (Å²) in [6.07, 6.45) is -0.525. The molecule has 2 N–H and O–H groups in total. The molecule has 2 aromatic carbocycles. The summed E-state index contributed by atoms with van der Waals surface area (Å²) >= 11 is 0. The van der Waals surface area contributed by atoms with Gasteiger partial charge in [-0.25, -0.2) is 4.79 Å². The van der Waals surface area contributed by atoms with E-state index >= 15 is 0 Å². The molecule has 2 aromatic rings. The zero-order chi connectivity index (χ0) is 17.1. The maximum absolute atomic E-state index is 12.1. The van der Waals surface area contributed by atoms with Gasteiger partial charge in [0.2, 0.25) is 0 Å².